The van der Waals surface area contributed by atoms with E-state index in [1.54, 1.807) is 30.8 Å². The molecule has 36 heavy (non-hydrogen) atoms. The van der Waals surface area contributed by atoms with Crippen LogP contribution in [-0.2, 0) is 11.3 Å². The Morgan fingerprint density at radius 1 is 1.11 bits per heavy atom. The molecule has 2 rings (SSSR count). The molecule has 0 radical (unpaired) electrons. The second-order valence-electron chi connectivity index (χ2n) is 9.17. The van der Waals surface area contributed by atoms with Crippen LogP contribution in [0.1, 0.15) is 67.9 Å². The van der Waals surface area contributed by atoms with Crippen LogP contribution in [0.5, 0.6) is 5.75 Å². The number of thioether (sulfide) groups is 1. The molecule has 0 heterocycles. The number of ketones is 1. The number of benzene rings is 2. The van der Waals surface area contributed by atoms with E-state index in [0.29, 0.717) is 31.4 Å². The lowest BCUT2D eigenvalue weighted by Crippen LogP contribution is -2.31. The number of phenolic OH excluding ortho intramolecular Hbond substituents is 1. The van der Waals surface area contributed by atoms with Crippen molar-refractivity contribution < 1.29 is 19.8 Å². The van der Waals surface area contributed by atoms with Crippen molar-refractivity contribution in [2.24, 2.45) is 16.8 Å². The molecule has 1 amide bonds. The molecule has 0 saturated carbocycles. The van der Waals surface area contributed by atoms with Crippen molar-refractivity contribution in [2.45, 2.75) is 59.1 Å². The fourth-order valence-corrected chi connectivity index (χ4v) is 4.87. The highest BCUT2D eigenvalue weighted by Gasteiger charge is 2.22. The van der Waals surface area contributed by atoms with Crippen LogP contribution in [0.3, 0.4) is 0 Å². The van der Waals surface area contributed by atoms with E-state index in [0.717, 1.165) is 28.1 Å². The minimum absolute atomic E-state index is 0.00350. The fourth-order valence-electron chi connectivity index (χ4n) is 4.13. The van der Waals surface area contributed by atoms with E-state index in [2.05, 4.69) is 17.0 Å². The van der Waals surface area contributed by atoms with E-state index in [1.165, 1.54) is 12.1 Å². The number of carbonyl (C=O) groups excluding carboxylic acids is 2. The first kappa shape index (κ1) is 29.3. The molecule has 0 fully saturated rings. The van der Waals surface area contributed by atoms with Gasteiger partial charge < -0.3 is 15.5 Å². The molecule has 3 atom stereocenters. The van der Waals surface area contributed by atoms with Crippen molar-refractivity contribution in [3.05, 3.63) is 70.9 Å². The van der Waals surface area contributed by atoms with Gasteiger partial charge in [0.15, 0.2) is 5.78 Å². The molecule has 2 aromatic carbocycles. The van der Waals surface area contributed by atoms with Gasteiger partial charge in [-0.3, -0.25) is 14.6 Å². The van der Waals surface area contributed by atoms with Crippen molar-refractivity contribution in [3.63, 3.8) is 0 Å². The van der Waals surface area contributed by atoms with Crippen LogP contribution in [0.2, 0.25) is 0 Å². The van der Waals surface area contributed by atoms with Gasteiger partial charge in [0, 0.05) is 29.4 Å². The van der Waals surface area contributed by atoms with Gasteiger partial charge in [0.25, 0.3) is 0 Å². The summed E-state index contributed by atoms with van der Waals surface area (Å²) in [6.07, 6.45) is 3.15. The summed E-state index contributed by atoms with van der Waals surface area (Å²) in [5.74, 6) is -0.461. The Bertz CT molecular complexity index is 1070. The van der Waals surface area contributed by atoms with Gasteiger partial charge in [-0.2, -0.15) is 0 Å². The Morgan fingerprint density at radius 2 is 1.81 bits per heavy atom. The van der Waals surface area contributed by atoms with E-state index in [1.807, 2.05) is 44.4 Å². The Kier molecular flexibility index (Phi) is 11.9. The highest BCUT2D eigenvalue weighted by molar-refractivity contribution is 8.07. The smallest absolute Gasteiger partial charge is 0.223 e. The number of aliphatic hydroxyl groups is 1. The molecule has 0 aliphatic heterocycles. The number of hydrogen-bond donors (Lipinski definition) is 3. The van der Waals surface area contributed by atoms with Crippen LogP contribution < -0.4 is 5.32 Å². The summed E-state index contributed by atoms with van der Waals surface area (Å²) in [5, 5.41) is 23.2. The van der Waals surface area contributed by atoms with Gasteiger partial charge in [-0.25, -0.2) is 0 Å². The molecule has 3 unspecified atom stereocenters. The minimum Gasteiger partial charge on any atom is -0.508 e. The van der Waals surface area contributed by atoms with Crippen molar-refractivity contribution in [2.75, 3.05) is 6.26 Å². The molecule has 0 aliphatic carbocycles. The van der Waals surface area contributed by atoms with Gasteiger partial charge in [-0.1, -0.05) is 56.7 Å². The topological polar surface area (TPSA) is 99.0 Å². The van der Waals surface area contributed by atoms with Gasteiger partial charge in [0.2, 0.25) is 5.91 Å². The number of aliphatic hydroxyl groups excluding tert-OH is 1. The molecule has 6 nitrogen and oxygen atoms in total. The van der Waals surface area contributed by atoms with Gasteiger partial charge in [0.1, 0.15) is 5.75 Å². The van der Waals surface area contributed by atoms with Gasteiger partial charge >= 0.3 is 0 Å². The van der Waals surface area contributed by atoms with Crippen LogP contribution in [0.15, 0.2) is 59.2 Å². The zero-order valence-corrected chi connectivity index (χ0v) is 22.5. The molecule has 0 aromatic heterocycles. The summed E-state index contributed by atoms with van der Waals surface area (Å²) in [7, 11) is 0. The lowest BCUT2D eigenvalue weighted by molar-refractivity contribution is -0.125. The van der Waals surface area contributed by atoms with E-state index < -0.39 is 6.10 Å². The zero-order chi connectivity index (χ0) is 26.7. The number of phenols is 1. The average Bonchev–Trinajstić information content (AvgIpc) is 2.87. The van der Waals surface area contributed by atoms with Crippen LogP contribution >= 0.6 is 11.8 Å². The number of nitrogens with zero attached hydrogens (tertiary/aromatic N) is 1. The number of hydrogen-bond acceptors (Lipinski definition) is 6. The molecule has 3 N–H and O–H groups in total. The van der Waals surface area contributed by atoms with Crippen LogP contribution in [0.25, 0.3) is 4.91 Å². The first-order valence-corrected chi connectivity index (χ1v) is 13.5. The second kappa shape index (κ2) is 14.6. The van der Waals surface area contributed by atoms with Gasteiger partial charge in [-0.05, 0) is 61.9 Å². The maximum atomic E-state index is 12.6. The number of rotatable bonds is 14. The molecule has 0 spiro atoms. The second-order valence-corrected chi connectivity index (χ2v) is 9.99. The van der Waals surface area contributed by atoms with E-state index in [9.17, 15) is 19.8 Å². The molecule has 194 valence electrons. The Labute approximate surface area is 218 Å². The third-order valence-corrected chi connectivity index (χ3v) is 7.29. The van der Waals surface area contributed by atoms with Crippen molar-refractivity contribution in [3.8, 4) is 5.75 Å². The zero-order valence-electron chi connectivity index (χ0n) is 21.7. The molecule has 0 saturated heterocycles. The summed E-state index contributed by atoms with van der Waals surface area (Å²) in [5.41, 5.74) is 3.40. The minimum atomic E-state index is -0.676. The Balaban J connectivity index is 1.84. The maximum Gasteiger partial charge on any atom is 0.223 e. The lowest BCUT2D eigenvalue weighted by atomic mass is 9.88. The molecule has 7 heteroatoms. The number of carbonyl (C=O) groups is 2. The lowest BCUT2D eigenvalue weighted by Gasteiger charge is -2.21. The van der Waals surface area contributed by atoms with E-state index >= 15 is 0 Å². The normalized spacial score (nSPS) is 14.4. The Hall–Kier alpha value is -2.90. The summed E-state index contributed by atoms with van der Waals surface area (Å²) in [4.78, 5) is 30.3. The monoisotopic (exact) mass is 510 g/mol. The highest BCUT2D eigenvalue weighted by atomic mass is 32.2. The number of aliphatic imine (C=N–C) groups is 1. The van der Waals surface area contributed by atoms with Gasteiger partial charge in [0.05, 0.1) is 11.8 Å². The van der Waals surface area contributed by atoms with Crippen LogP contribution in [0.4, 0.5) is 0 Å². The number of allylic oxidation sites excluding steroid dienone is 1. The fraction of sp³-hybridized carbons (Fsp3) is 0.414. The number of amides is 1. The van der Waals surface area contributed by atoms with Gasteiger partial charge in [-0.15, -0.1) is 11.8 Å². The average molecular weight is 511 g/mol. The predicted molar refractivity (Wildman–Crippen MR) is 149 cm³/mol. The van der Waals surface area contributed by atoms with Crippen LogP contribution in [-0.4, -0.2) is 41.0 Å². The largest absolute Gasteiger partial charge is 0.508 e. The summed E-state index contributed by atoms with van der Waals surface area (Å²) >= 11 is 1.62. The number of nitrogens with one attached hydrogen (secondary N) is 1. The third-order valence-electron chi connectivity index (χ3n) is 6.35. The first-order valence-electron chi connectivity index (χ1n) is 12.3. The Morgan fingerprint density at radius 3 is 2.39 bits per heavy atom. The number of Topliss-reactive ketones (excluding diaryl/α,β-unsaturated/α-hetero) is 1. The molecule has 0 bridgehead atoms. The van der Waals surface area contributed by atoms with Crippen molar-refractivity contribution in [1.29, 1.82) is 0 Å². The SMILES string of the molecule is C=NC(C)=C(SC)c1ccc(CNC(=O)C(C)CC(O)CC(CC)CC(=O)c2cccc(O)c2)cc1. The maximum absolute atomic E-state index is 12.6. The van der Waals surface area contributed by atoms with Crippen LogP contribution in [0, 0.1) is 11.8 Å². The number of aromatic hydroxyl groups is 1. The summed E-state index contributed by atoms with van der Waals surface area (Å²) in [6, 6.07) is 14.3. The highest BCUT2D eigenvalue weighted by Crippen LogP contribution is 2.29. The quantitative estimate of drug-likeness (QED) is 0.219. The van der Waals surface area contributed by atoms with Crippen molar-refractivity contribution in [1.82, 2.24) is 5.32 Å². The molecular weight excluding hydrogens is 472 g/mol. The molecule has 2 aromatic rings. The first-order chi connectivity index (χ1) is 17.2. The molecular formula is C29H38N2O4S. The molecule has 0 aliphatic rings. The summed E-state index contributed by atoms with van der Waals surface area (Å²) < 4.78 is 0. The standard InChI is InChI=1S/C29H38N2O4S/c1-6-21(16-27(34)24-8-7-9-25(32)17-24)15-26(33)14-19(2)29(35)31-18-22-10-12-23(13-11-22)28(36-5)20(3)30-4/h7-13,17,19,21,26,32-33H,4,6,14-16,18H2,1-3,5H3,(H,31,35). The van der Waals surface area contributed by atoms with Crippen molar-refractivity contribution >= 4 is 35.1 Å². The summed E-state index contributed by atoms with van der Waals surface area (Å²) in [6.45, 7) is 9.73. The van der Waals surface area contributed by atoms with E-state index in [-0.39, 0.29) is 29.3 Å². The predicted octanol–water partition coefficient (Wildman–Crippen LogP) is 5.84. The van der Waals surface area contributed by atoms with E-state index in [4.69, 9.17) is 0 Å². The third kappa shape index (κ3) is 8.95.